The first-order valence-electron chi connectivity index (χ1n) is 7.87. The lowest BCUT2D eigenvalue weighted by Gasteiger charge is -2.15. The Morgan fingerprint density at radius 1 is 1.16 bits per heavy atom. The lowest BCUT2D eigenvalue weighted by molar-refractivity contribution is 0.0916. The highest BCUT2D eigenvalue weighted by atomic mass is 19.1. The summed E-state index contributed by atoms with van der Waals surface area (Å²) >= 11 is 0. The van der Waals surface area contributed by atoms with Gasteiger partial charge in [0.1, 0.15) is 0 Å². The Bertz CT molecular complexity index is 905. The fourth-order valence-electron chi connectivity index (χ4n) is 2.75. The number of amides is 1. The predicted molar refractivity (Wildman–Crippen MR) is 94.2 cm³/mol. The van der Waals surface area contributed by atoms with Crippen molar-refractivity contribution in [3.05, 3.63) is 77.6 Å². The first-order chi connectivity index (χ1) is 12.1. The van der Waals surface area contributed by atoms with Gasteiger partial charge in [-0.2, -0.15) is 0 Å². The number of carbonyl (C=O) groups is 1. The number of hydrogen-bond acceptors (Lipinski definition) is 3. The first-order valence-corrected chi connectivity index (χ1v) is 7.87. The van der Waals surface area contributed by atoms with Crippen LogP contribution in [0.5, 0.6) is 5.75 Å². The summed E-state index contributed by atoms with van der Waals surface area (Å²) < 4.78 is 18.5. The van der Waals surface area contributed by atoms with E-state index in [0.29, 0.717) is 0 Å². The highest BCUT2D eigenvalue weighted by molar-refractivity contribution is 5.94. The fraction of sp³-hybridized carbons (Fsp3) is 0.150. The Hall–Kier alpha value is -2.92. The summed E-state index contributed by atoms with van der Waals surface area (Å²) in [6.45, 7) is 0.0283. The zero-order chi connectivity index (χ0) is 17.8. The number of benzene rings is 3. The summed E-state index contributed by atoms with van der Waals surface area (Å²) in [5, 5.41) is 15.0. The molecule has 0 fully saturated rings. The van der Waals surface area contributed by atoms with E-state index in [1.54, 1.807) is 0 Å². The van der Waals surface area contributed by atoms with E-state index in [0.717, 1.165) is 22.4 Å². The van der Waals surface area contributed by atoms with Crippen LogP contribution < -0.4 is 10.1 Å². The van der Waals surface area contributed by atoms with Crippen LogP contribution in [0, 0.1) is 5.82 Å². The number of methoxy groups -OCH3 is 1. The smallest absolute Gasteiger partial charge is 0.251 e. The van der Waals surface area contributed by atoms with E-state index in [9.17, 15) is 14.3 Å². The number of nitrogens with one attached hydrogen (secondary N) is 1. The number of aliphatic hydroxyl groups excluding tert-OH is 1. The third kappa shape index (κ3) is 3.61. The zero-order valence-corrected chi connectivity index (χ0v) is 13.7. The van der Waals surface area contributed by atoms with E-state index in [-0.39, 0.29) is 17.9 Å². The van der Waals surface area contributed by atoms with Gasteiger partial charge in [0.15, 0.2) is 11.6 Å². The Kier molecular flexibility index (Phi) is 4.95. The Labute approximate surface area is 144 Å². The maximum atomic E-state index is 13.7. The molecule has 1 amide bonds. The highest BCUT2D eigenvalue weighted by Crippen LogP contribution is 2.24. The van der Waals surface area contributed by atoms with Crippen LogP contribution in [0.4, 0.5) is 4.39 Å². The molecule has 3 aromatic carbocycles. The second-order valence-corrected chi connectivity index (χ2v) is 5.64. The van der Waals surface area contributed by atoms with Gasteiger partial charge in [-0.25, -0.2) is 4.39 Å². The van der Waals surface area contributed by atoms with Gasteiger partial charge < -0.3 is 15.2 Å². The molecule has 0 aliphatic rings. The molecule has 5 heteroatoms. The maximum absolute atomic E-state index is 13.7. The van der Waals surface area contributed by atoms with E-state index in [1.165, 1.54) is 19.2 Å². The zero-order valence-electron chi connectivity index (χ0n) is 13.7. The third-order valence-corrected chi connectivity index (χ3v) is 4.05. The van der Waals surface area contributed by atoms with Crippen LogP contribution in [0.25, 0.3) is 10.8 Å². The minimum atomic E-state index is -0.863. The average molecular weight is 339 g/mol. The van der Waals surface area contributed by atoms with Crippen molar-refractivity contribution < 1.29 is 19.0 Å². The number of hydrogen-bond donors (Lipinski definition) is 2. The molecule has 3 aromatic rings. The molecule has 0 heterocycles. The molecule has 0 bridgehead atoms. The van der Waals surface area contributed by atoms with Crippen molar-refractivity contribution in [3.63, 3.8) is 0 Å². The summed E-state index contributed by atoms with van der Waals surface area (Å²) in [6, 6.07) is 17.3. The second-order valence-electron chi connectivity index (χ2n) is 5.64. The Balaban J connectivity index is 1.72. The van der Waals surface area contributed by atoms with E-state index < -0.39 is 17.8 Å². The number of fused-ring (bicyclic) bond motifs is 1. The quantitative estimate of drug-likeness (QED) is 0.748. The van der Waals surface area contributed by atoms with E-state index >= 15 is 0 Å². The summed E-state index contributed by atoms with van der Waals surface area (Å²) in [6.07, 6.45) is -0.863. The number of rotatable bonds is 5. The van der Waals surface area contributed by atoms with Gasteiger partial charge in [0, 0.05) is 12.1 Å². The van der Waals surface area contributed by atoms with E-state index in [4.69, 9.17) is 4.74 Å². The van der Waals surface area contributed by atoms with Crippen molar-refractivity contribution in [2.45, 2.75) is 6.10 Å². The lowest BCUT2D eigenvalue weighted by Crippen LogP contribution is -2.28. The SMILES string of the molecule is COc1ccc(C(=O)NC[C@@H](O)c2cccc3ccccc23)cc1F. The molecule has 0 unspecified atom stereocenters. The molecule has 0 aliphatic carbocycles. The number of aliphatic hydroxyl groups is 1. The highest BCUT2D eigenvalue weighted by Gasteiger charge is 2.14. The second kappa shape index (κ2) is 7.32. The minimum Gasteiger partial charge on any atom is -0.494 e. The molecule has 0 spiro atoms. The van der Waals surface area contributed by atoms with Crippen molar-refractivity contribution in [1.82, 2.24) is 5.32 Å². The van der Waals surface area contributed by atoms with Crippen molar-refractivity contribution in [2.75, 3.05) is 13.7 Å². The minimum absolute atomic E-state index is 0.0283. The first kappa shape index (κ1) is 16.9. The number of ether oxygens (including phenoxy) is 1. The fourth-order valence-corrected chi connectivity index (χ4v) is 2.75. The molecule has 0 radical (unpaired) electrons. The monoisotopic (exact) mass is 339 g/mol. The normalized spacial score (nSPS) is 12.0. The van der Waals surface area contributed by atoms with Crippen LogP contribution in [0.2, 0.25) is 0 Å². The van der Waals surface area contributed by atoms with Gasteiger partial charge >= 0.3 is 0 Å². The lowest BCUT2D eigenvalue weighted by atomic mass is 10.0. The van der Waals surface area contributed by atoms with Gasteiger partial charge in [-0.3, -0.25) is 4.79 Å². The summed E-state index contributed by atoms with van der Waals surface area (Å²) in [4.78, 5) is 12.2. The molecule has 128 valence electrons. The third-order valence-electron chi connectivity index (χ3n) is 4.05. The molecule has 0 saturated heterocycles. The van der Waals surface area contributed by atoms with Crippen LogP contribution in [-0.2, 0) is 0 Å². The largest absolute Gasteiger partial charge is 0.494 e. The van der Waals surface area contributed by atoms with Gasteiger partial charge in [-0.15, -0.1) is 0 Å². The average Bonchev–Trinajstić information content (AvgIpc) is 2.65. The van der Waals surface area contributed by atoms with Crippen molar-refractivity contribution in [3.8, 4) is 5.75 Å². The number of carbonyl (C=O) groups excluding carboxylic acids is 1. The summed E-state index contributed by atoms with van der Waals surface area (Å²) in [5.41, 5.74) is 0.905. The standard InChI is InChI=1S/C20H18FNO3/c1-25-19-10-9-14(11-17(19)21)20(24)22-12-18(23)16-8-4-6-13-5-2-3-7-15(13)16/h2-11,18,23H,12H2,1H3,(H,22,24)/t18-/m1/s1. The van der Waals surface area contributed by atoms with Gasteiger partial charge in [-0.05, 0) is 34.5 Å². The number of halogens is 1. The Morgan fingerprint density at radius 3 is 2.68 bits per heavy atom. The molecule has 1 atom stereocenters. The molecule has 25 heavy (non-hydrogen) atoms. The van der Waals surface area contributed by atoms with Gasteiger partial charge in [-0.1, -0.05) is 42.5 Å². The summed E-state index contributed by atoms with van der Waals surface area (Å²) in [5.74, 6) is -0.988. The van der Waals surface area contributed by atoms with Crippen LogP contribution in [0.1, 0.15) is 22.0 Å². The molecule has 0 aliphatic heterocycles. The molecular formula is C20H18FNO3. The predicted octanol–water partition coefficient (Wildman–Crippen LogP) is 3.45. The van der Waals surface area contributed by atoms with Crippen LogP contribution >= 0.6 is 0 Å². The molecule has 3 rings (SSSR count). The topological polar surface area (TPSA) is 58.6 Å². The van der Waals surface area contributed by atoms with Crippen molar-refractivity contribution in [1.29, 1.82) is 0 Å². The molecule has 0 aromatic heterocycles. The van der Waals surface area contributed by atoms with Crippen molar-refractivity contribution in [2.24, 2.45) is 0 Å². The van der Waals surface area contributed by atoms with Gasteiger partial charge in [0.25, 0.3) is 5.91 Å². The molecule has 0 saturated carbocycles. The van der Waals surface area contributed by atoms with Crippen LogP contribution in [0.3, 0.4) is 0 Å². The van der Waals surface area contributed by atoms with E-state index in [2.05, 4.69) is 5.32 Å². The van der Waals surface area contributed by atoms with Gasteiger partial charge in [0.05, 0.1) is 13.2 Å². The Morgan fingerprint density at radius 2 is 1.92 bits per heavy atom. The van der Waals surface area contributed by atoms with Crippen molar-refractivity contribution >= 4 is 16.7 Å². The molecule has 4 nitrogen and oxygen atoms in total. The molecule has 2 N–H and O–H groups in total. The van der Waals surface area contributed by atoms with Gasteiger partial charge in [0.2, 0.25) is 0 Å². The molecular weight excluding hydrogens is 321 g/mol. The van der Waals surface area contributed by atoms with Crippen LogP contribution in [0.15, 0.2) is 60.7 Å². The maximum Gasteiger partial charge on any atom is 0.251 e. The van der Waals surface area contributed by atoms with E-state index in [1.807, 2.05) is 42.5 Å². The van der Waals surface area contributed by atoms with Crippen LogP contribution in [-0.4, -0.2) is 24.7 Å². The summed E-state index contributed by atoms with van der Waals surface area (Å²) in [7, 11) is 1.36.